The number of para-hydroxylation sites is 1. The van der Waals surface area contributed by atoms with E-state index in [-0.39, 0.29) is 12.5 Å². The lowest BCUT2D eigenvalue weighted by atomic mass is 10.1. The molecule has 1 aromatic carbocycles. The molecule has 6 nitrogen and oxygen atoms in total. The van der Waals surface area contributed by atoms with Crippen molar-refractivity contribution in [2.24, 2.45) is 0 Å². The number of hydrogen-bond donors (Lipinski definition) is 1. The summed E-state index contributed by atoms with van der Waals surface area (Å²) in [7, 11) is 1.45. The molecule has 0 aliphatic carbocycles. The zero-order valence-electron chi connectivity index (χ0n) is 12.3. The molecular weight excluding hydrogens is 306 g/mol. The quantitative estimate of drug-likeness (QED) is 0.916. The van der Waals surface area contributed by atoms with Crippen LogP contribution in [0.3, 0.4) is 0 Å². The van der Waals surface area contributed by atoms with Crippen LogP contribution in [-0.2, 0) is 11.2 Å². The average molecular weight is 322 g/mol. The van der Waals surface area contributed by atoms with Gasteiger partial charge in [-0.3, -0.25) is 9.59 Å². The first-order valence-corrected chi connectivity index (χ1v) is 7.12. The van der Waals surface area contributed by atoms with Crippen LogP contribution in [0.25, 0.3) is 5.69 Å². The largest absolute Gasteiger partial charge is 0.480 e. The summed E-state index contributed by atoms with van der Waals surface area (Å²) < 4.78 is 1.62. The lowest BCUT2D eigenvalue weighted by Crippen LogP contribution is -2.32. The number of carbonyl (C=O) groups is 2. The van der Waals surface area contributed by atoms with Crippen molar-refractivity contribution in [2.75, 3.05) is 13.6 Å². The van der Waals surface area contributed by atoms with Crippen LogP contribution in [0.5, 0.6) is 0 Å². The van der Waals surface area contributed by atoms with Gasteiger partial charge in [0.2, 0.25) is 0 Å². The number of benzene rings is 1. The van der Waals surface area contributed by atoms with Crippen LogP contribution in [0.2, 0.25) is 5.02 Å². The third-order valence-electron chi connectivity index (χ3n) is 3.23. The Morgan fingerprint density at radius 2 is 2.05 bits per heavy atom. The lowest BCUT2D eigenvalue weighted by Gasteiger charge is -2.15. The maximum atomic E-state index is 12.4. The van der Waals surface area contributed by atoms with Crippen molar-refractivity contribution < 1.29 is 14.7 Å². The summed E-state index contributed by atoms with van der Waals surface area (Å²) in [6.07, 6.45) is 2.01. The van der Waals surface area contributed by atoms with E-state index in [4.69, 9.17) is 16.7 Å². The Bertz CT molecular complexity index is 712. The normalized spacial score (nSPS) is 10.5. The predicted octanol–water partition coefficient (Wildman–Crippen LogP) is 2.24. The second-order valence-electron chi connectivity index (χ2n) is 4.78. The van der Waals surface area contributed by atoms with Crippen molar-refractivity contribution >= 4 is 23.5 Å². The van der Waals surface area contributed by atoms with Crippen LogP contribution >= 0.6 is 11.6 Å². The summed E-state index contributed by atoms with van der Waals surface area (Å²) in [6, 6.07) is 7.20. The Balaban J connectivity index is 2.42. The number of carboxylic acid groups (broad SMARTS) is 1. The van der Waals surface area contributed by atoms with Gasteiger partial charge >= 0.3 is 5.97 Å². The third-order valence-corrected chi connectivity index (χ3v) is 3.55. The van der Waals surface area contributed by atoms with Crippen LogP contribution in [-0.4, -0.2) is 45.3 Å². The van der Waals surface area contributed by atoms with Gasteiger partial charge in [0.25, 0.3) is 5.91 Å². The monoisotopic (exact) mass is 321 g/mol. The van der Waals surface area contributed by atoms with Crippen LogP contribution in [0, 0.1) is 0 Å². The molecule has 0 aliphatic rings. The predicted molar refractivity (Wildman–Crippen MR) is 82.5 cm³/mol. The van der Waals surface area contributed by atoms with Crippen molar-refractivity contribution in [1.82, 2.24) is 14.7 Å². The molecule has 2 aromatic rings. The van der Waals surface area contributed by atoms with Gasteiger partial charge in [0.15, 0.2) is 0 Å². The standard InChI is InChI=1S/C15H16ClN3O3/c1-3-12-10(15(22)18(2)9-14(20)21)8-17-19(12)13-7-5-4-6-11(13)16/h4-8H,3,9H2,1-2H3,(H,20,21). The number of carboxylic acids is 1. The zero-order chi connectivity index (χ0) is 16.3. The van der Waals surface area contributed by atoms with Gasteiger partial charge in [0.05, 0.1) is 28.2 Å². The van der Waals surface area contributed by atoms with Crippen molar-refractivity contribution in [3.8, 4) is 5.69 Å². The molecule has 0 spiro atoms. The van der Waals surface area contributed by atoms with E-state index in [1.54, 1.807) is 10.7 Å². The summed E-state index contributed by atoms with van der Waals surface area (Å²) in [5.41, 5.74) is 1.75. The molecule has 0 saturated carbocycles. The van der Waals surface area contributed by atoms with Crippen molar-refractivity contribution in [2.45, 2.75) is 13.3 Å². The molecule has 7 heteroatoms. The third kappa shape index (κ3) is 3.12. The van der Waals surface area contributed by atoms with Crippen LogP contribution in [0.4, 0.5) is 0 Å². The molecule has 1 aromatic heterocycles. The van der Waals surface area contributed by atoms with E-state index < -0.39 is 5.97 Å². The van der Waals surface area contributed by atoms with Gasteiger partial charge in [0, 0.05) is 7.05 Å². The molecule has 0 aliphatic heterocycles. The number of nitrogens with zero attached hydrogens (tertiary/aromatic N) is 3. The van der Waals surface area contributed by atoms with Gasteiger partial charge in [-0.2, -0.15) is 5.10 Å². The number of carbonyl (C=O) groups excluding carboxylic acids is 1. The van der Waals surface area contributed by atoms with Crippen LogP contribution in [0.15, 0.2) is 30.5 Å². The number of halogens is 1. The molecule has 0 radical (unpaired) electrons. The number of aliphatic carboxylic acids is 1. The number of aromatic nitrogens is 2. The van der Waals surface area contributed by atoms with E-state index in [1.807, 2.05) is 25.1 Å². The molecule has 0 bridgehead atoms. The summed E-state index contributed by atoms with van der Waals surface area (Å²) in [5, 5.41) is 13.6. The SMILES string of the molecule is CCc1c(C(=O)N(C)CC(=O)O)cnn1-c1ccccc1Cl. The van der Waals surface area contributed by atoms with Crippen molar-refractivity contribution in [3.05, 3.63) is 46.7 Å². The first kappa shape index (κ1) is 16.0. The van der Waals surface area contributed by atoms with E-state index in [9.17, 15) is 9.59 Å². The van der Waals surface area contributed by atoms with E-state index in [1.165, 1.54) is 13.2 Å². The molecule has 22 heavy (non-hydrogen) atoms. The summed E-state index contributed by atoms with van der Waals surface area (Å²) >= 11 is 6.17. The van der Waals surface area contributed by atoms with Gasteiger partial charge in [-0.15, -0.1) is 0 Å². The minimum atomic E-state index is -1.06. The fourth-order valence-corrected chi connectivity index (χ4v) is 2.42. The molecule has 0 saturated heterocycles. The van der Waals surface area contributed by atoms with Crippen molar-refractivity contribution in [1.29, 1.82) is 0 Å². The van der Waals surface area contributed by atoms with Gasteiger partial charge in [-0.05, 0) is 18.6 Å². The van der Waals surface area contributed by atoms with Gasteiger partial charge in [-0.1, -0.05) is 30.7 Å². The Kier molecular flexibility index (Phi) is 4.82. The van der Waals surface area contributed by atoms with E-state index >= 15 is 0 Å². The molecule has 0 fully saturated rings. The maximum absolute atomic E-state index is 12.4. The topological polar surface area (TPSA) is 75.4 Å². The van der Waals surface area contributed by atoms with E-state index in [2.05, 4.69) is 5.10 Å². The smallest absolute Gasteiger partial charge is 0.323 e. The fourth-order valence-electron chi connectivity index (χ4n) is 2.20. The summed E-state index contributed by atoms with van der Waals surface area (Å²) in [4.78, 5) is 24.3. The highest BCUT2D eigenvalue weighted by Crippen LogP contribution is 2.23. The Morgan fingerprint density at radius 3 is 2.64 bits per heavy atom. The second-order valence-corrected chi connectivity index (χ2v) is 5.18. The molecule has 1 N–H and O–H groups in total. The highest BCUT2D eigenvalue weighted by molar-refractivity contribution is 6.32. The highest BCUT2D eigenvalue weighted by Gasteiger charge is 2.22. The number of amides is 1. The molecule has 0 atom stereocenters. The minimum Gasteiger partial charge on any atom is -0.480 e. The van der Waals surface area contributed by atoms with Gasteiger partial charge in [-0.25, -0.2) is 4.68 Å². The number of likely N-dealkylation sites (N-methyl/N-ethyl adjacent to an activating group) is 1. The lowest BCUT2D eigenvalue weighted by molar-refractivity contribution is -0.137. The summed E-state index contributed by atoms with van der Waals surface area (Å²) in [6.45, 7) is 1.54. The van der Waals surface area contributed by atoms with Crippen molar-refractivity contribution in [3.63, 3.8) is 0 Å². The second kappa shape index (κ2) is 6.62. The molecular formula is C15H16ClN3O3. The molecule has 2 rings (SSSR count). The van der Waals surface area contributed by atoms with Gasteiger partial charge < -0.3 is 10.0 Å². The highest BCUT2D eigenvalue weighted by atomic mass is 35.5. The first-order valence-electron chi connectivity index (χ1n) is 6.74. The first-order chi connectivity index (χ1) is 10.5. The average Bonchev–Trinajstić information content (AvgIpc) is 2.89. The molecule has 1 amide bonds. The Labute approximate surface area is 132 Å². The van der Waals surface area contributed by atoms with Crippen LogP contribution < -0.4 is 0 Å². The molecule has 1 heterocycles. The van der Waals surface area contributed by atoms with Gasteiger partial charge in [0.1, 0.15) is 6.54 Å². The molecule has 0 unspecified atom stereocenters. The van der Waals surface area contributed by atoms with Crippen LogP contribution in [0.1, 0.15) is 23.0 Å². The maximum Gasteiger partial charge on any atom is 0.323 e. The van der Waals surface area contributed by atoms with E-state index in [0.717, 1.165) is 4.90 Å². The summed E-state index contributed by atoms with van der Waals surface area (Å²) in [5.74, 6) is -1.44. The fraction of sp³-hybridized carbons (Fsp3) is 0.267. The zero-order valence-corrected chi connectivity index (χ0v) is 13.0. The minimum absolute atomic E-state index is 0.362. The molecule has 116 valence electrons. The number of rotatable bonds is 5. The number of hydrogen-bond acceptors (Lipinski definition) is 3. The Morgan fingerprint density at radius 1 is 1.36 bits per heavy atom. The van der Waals surface area contributed by atoms with E-state index in [0.29, 0.717) is 28.4 Å². The Hall–Kier alpha value is -2.34.